The molecule has 0 unspecified atom stereocenters. The first-order chi connectivity index (χ1) is 6.76. The van der Waals surface area contributed by atoms with Gasteiger partial charge in [-0.25, -0.2) is 0 Å². The molecule has 76 valence electrons. The van der Waals surface area contributed by atoms with Gasteiger partial charge < -0.3 is 0 Å². The zero-order valence-electron chi connectivity index (χ0n) is 8.83. The summed E-state index contributed by atoms with van der Waals surface area (Å²) in [5, 5.41) is 0. The zero-order valence-corrected chi connectivity index (χ0v) is 8.83. The fraction of sp³-hybridized carbons (Fsp3) is 0.615. The SMILES string of the molecule is C=C[C@]1(CCCC)C(=O)[C@H]2CC=C[C@H]21. The quantitative estimate of drug-likeness (QED) is 0.622. The number of carbonyl (C=O) groups excluding carboxylic acids is 1. The van der Waals surface area contributed by atoms with Gasteiger partial charge in [-0.15, -0.1) is 6.58 Å². The summed E-state index contributed by atoms with van der Waals surface area (Å²) in [6.07, 6.45) is 10.5. The molecule has 0 spiro atoms. The largest absolute Gasteiger partial charge is 0.298 e. The minimum absolute atomic E-state index is 0.187. The van der Waals surface area contributed by atoms with Crippen LogP contribution in [0.1, 0.15) is 32.6 Å². The van der Waals surface area contributed by atoms with Gasteiger partial charge in [0.15, 0.2) is 0 Å². The van der Waals surface area contributed by atoms with Crippen molar-refractivity contribution >= 4 is 5.78 Å². The van der Waals surface area contributed by atoms with E-state index in [0.29, 0.717) is 17.6 Å². The van der Waals surface area contributed by atoms with E-state index in [1.54, 1.807) is 0 Å². The summed E-state index contributed by atoms with van der Waals surface area (Å²) in [5.41, 5.74) is -0.187. The second-order valence-electron chi connectivity index (χ2n) is 4.51. The number of Topliss-reactive ketones (excluding diaryl/α,β-unsaturated/α-hetero) is 1. The Bertz CT molecular complexity index is 290. The van der Waals surface area contributed by atoms with Gasteiger partial charge in [-0.3, -0.25) is 4.79 Å². The number of allylic oxidation sites excluding steroid dienone is 3. The number of ketones is 1. The first kappa shape index (κ1) is 9.70. The lowest BCUT2D eigenvalue weighted by atomic mass is 9.52. The van der Waals surface area contributed by atoms with Crippen LogP contribution in [0.5, 0.6) is 0 Å². The van der Waals surface area contributed by atoms with Gasteiger partial charge in [-0.1, -0.05) is 38.0 Å². The molecule has 2 aliphatic rings. The molecular formula is C13H18O. The number of fused-ring (bicyclic) bond motifs is 1. The van der Waals surface area contributed by atoms with Gasteiger partial charge in [0.25, 0.3) is 0 Å². The lowest BCUT2D eigenvalue weighted by Crippen LogP contribution is -2.54. The highest BCUT2D eigenvalue weighted by molar-refractivity contribution is 5.97. The van der Waals surface area contributed by atoms with Crippen molar-refractivity contribution < 1.29 is 4.79 Å². The third kappa shape index (κ3) is 1.05. The maximum absolute atomic E-state index is 12.0. The molecule has 0 aromatic heterocycles. The first-order valence-electron chi connectivity index (χ1n) is 5.61. The molecule has 0 aromatic carbocycles. The third-order valence-corrected chi connectivity index (χ3v) is 3.87. The third-order valence-electron chi connectivity index (χ3n) is 3.87. The summed E-state index contributed by atoms with van der Waals surface area (Å²) in [4.78, 5) is 12.0. The van der Waals surface area contributed by atoms with Crippen LogP contribution < -0.4 is 0 Å². The topological polar surface area (TPSA) is 17.1 Å². The number of rotatable bonds is 4. The van der Waals surface area contributed by atoms with Crippen molar-refractivity contribution in [3.8, 4) is 0 Å². The second-order valence-corrected chi connectivity index (χ2v) is 4.51. The fourth-order valence-corrected chi connectivity index (χ4v) is 2.96. The molecule has 1 heteroatoms. The molecule has 14 heavy (non-hydrogen) atoms. The predicted octanol–water partition coefficient (Wildman–Crippen LogP) is 3.12. The number of hydrogen-bond acceptors (Lipinski definition) is 1. The highest BCUT2D eigenvalue weighted by Gasteiger charge is 2.58. The van der Waals surface area contributed by atoms with E-state index in [0.717, 1.165) is 25.7 Å². The van der Waals surface area contributed by atoms with E-state index in [4.69, 9.17) is 0 Å². The average Bonchev–Trinajstić information content (AvgIpc) is 2.65. The summed E-state index contributed by atoms with van der Waals surface area (Å²) in [7, 11) is 0. The molecule has 0 bridgehead atoms. The van der Waals surface area contributed by atoms with Gasteiger partial charge in [-0.05, 0) is 12.8 Å². The van der Waals surface area contributed by atoms with E-state index in [1.165, 1.54) is 0 Å². The summed E-state index contributed by atoms with van der Waals surface area (Å²) in [6, 6.07) is 0. The minimum atomic E-state index is -0.187. The lowest BCUT2D eigenvalue weighted by Gasteiger charge is -2.48. The van der Waals surface area contributed by atoms with Gasteiger partial charge in [0.1, 0.15) is 5.78 Å². The van der Waals surface area contributed by atoms with Crippen LogP contribution in [0.3, 0.4) is 0 Å². The van der Waals surface area contributed by atoms with Crippen LogP contribution in [0.2, 0.25) is 0 Å². The molecule has 2 aliphatic carbocycles. The summed E-state index contributed by atoms with van der Waals surface area (Å²) in [5.74, 6) is 1.21. The van der Waals surface area contributed by atoms with E-state index in [-0.39, 0.29) is 5.41 Å². The van der Waals surface area contributed by atoms with Crippen molar-refractivity contribution in [1.82, 2.24) is 0 Å². The van der Waals surface area contributed by atoms with Crippen LogP contribution in [0, 0.1) is 17.3 Å². The van der Waals surface area contributed by atoms with Crippen molar-refractivity contribution in [2.75, 3.05) is 0 Å². The van der Waals surface area contributed by atoms with E-state index in [9.17, 15) is 4.79 Å². The Kier molecular flexibility index (Phi) is 2.34. The Hall–Kier alpha value is -0.850. The van der Waals surface area contributed by atoms with Crippen LogP contribution in [-0.2, 0) is 4.79 Å². The van der Waals surface area contributed by atoms with E-state index in [1.807, 2.05) is 6.08 Å². The Labute approximate surface area is 85.9 Å². The normalized spacial score (nSPS) is 39.4. The highest BCUT2D eigenvalue weighted by atomic mass is 16.1. The van der Waals surface area contributed by atoms with E-state index in [2.05, 4.69) is 25.7 Å². The number of hydrogen-bond donors (Lipinski definition) is 0. The summed E-state index contributed by atoms with van der Waals surface area (Å²) in [6.45, 7) is 6.03. The zero-order chi connectivity index (χ0) is 10.2. The molecule has 3 atom stereocenters. The standard InChI is InChI=1S/C13H18O/c1-3-5-9-13(4-2)11-8-6-7-10(11)12(13)14/h4,6,8,10-11H,2-3,5,7,9H2,1H3/t10-,11+,13+/m0/s1. The maximum atomic E-state index is 12.0. The van der Waals surface area contributed by atoms with Crippen molar-refractivity contribution in [1.29, 1.82) is 0 Å². The predicted molar refractivity (Wildman–Crippen MR) is 57.9 cm³/mol. The van der Waals surface area contributed by atoms with Gasteiger partial charge >= 0.3 is 0 Å². The Morgan fingerprint density at radius 2 is 2.50 bits per heavy atom. The van der Waals surface area contributed by atoms with Crippen molar-refractivity contribution in [3.63, 3.8) is 0 Å². The molecule has 0 aliphatic heterocycles. The molecule has 1 fully saturated rings. The molecule has 2 rings (SSSR count). The summed E-state index contributed by atoms with van der Waals surface area (Å²) < 4.78 is 0. The fourth-order valence-electron chi connectivity index (χ4n) is 2.96. The van der Waals surface area contributed by atoms with Gasteiger partial charge in [-0.2, -0.15) is 0 Å². The van der Waals surface area contributed by atoms with Crippen molar-refractivity contribution in [2.24, 2.45) is 17.3 Å². The van der Waals surface area contributed by atoms with Crippen LogP contribution in [0.15, 0.2) is 24.8 Å². The van der Waals surface area contributed by atoms with Crippen LogP contribution >= 0.6 is 0 Å². The van der Waals surface area contributed by atoms with Crippen LogP contribution in [-0.4, -0.2) is 5.78 Å². The van der Waals surface area contributed by atoms with Gasteiger partial charge in [0.2, 0.25) is 0 Å². The van der Waals surface area contributed by atoms with E-state index < -0.39 is 0 Å². The Morgan fingerprint density at radius 1 is 1.71 bits per heavy atom. The minimum Gasteiger partial charge on any atom is -0.298 e. The molecule has 0 radical (unpaired) electrons. The van der Waals surface area contributed by atoms with Crippen LogP contribution in [0.4, 0.5) is 0 Å². The van der Waals surface area contributed by atoms with Crippen molar-refractivity contribution in [3.05, 3.63) is 24.8 Å². The summed E-state index contributed by atoms with van der Waals surface area (Å²) >= 11 is 0. The van der Waals surface area contributed by atoms with Crippen LogP contribution in [0.25, 0.3) is 0 Å². The monoisotopic (exact) mass is 190 g/mol. The van der Waals surface area contributed by atoms with Crippen molar-refractivity contribution in [2.45, 2.75) is 32.6 Å². The average molecular weight is 190 g/mol. The molecule has 0 amide bonds. The number of unbranched alkanes of at least 4 members (excludes halogenated alkanes) is 1. The van der Waals surface area contributed by atoms with Gasteiger partial charge in [0, 0.05) is 11.8 Å². The van der Waals surface area contributed by atoms with Gasteiger partial charge in [0.05, 0.1) is 5.41 Å². The molecule has 1 nitrogen and oxygen atoms in total. The Balaban J connectivity index is 2.15. The Morgan fingerprint density at radius 3 is 3.14 bits per heavy atom. The molecule has 1 saturated carbocycles. The smallest absolute Gasteiger partial charge is 0.147 e. The molecule has 0 N–H and O–H groups in total. The lowest BCUT2D eigenvalue weighted by molar-refractivity contribution is -0.147. The molecule has 0 saturated heterocycles. The van der Waals surface area contributed by atoms with E-state index >= 15 is 0 Å². The first-order valence-corrected chi connectivity index (χ1v) is 5.61. The number of carbonyl (C=O) groups is 1. The second kappa shape index (κ2) is 3.38. The molecule has 0 aromatic rings. The molecule has 0 heterocycles. The maximum Gasteiger partial charge on any atom is 0.147 e. The molecular weight excluding hydrogens is 172 g/mol. The highest BCUT2D eigenvalue weighted by Crippen LogP contribution is 2.56.